The first-order valence-electron chi connectivity index (χ1n) is 10.0. The van der Waals surface area contributed by atoms with Gasteiger partial charge in [0.2, 0.25) is 0 Å². The van der Waals surface area contributed by atoms with Gasteiger partial charge in [-0.15, -0.1) is 0 Å². The highest BCUT2D eigenvalue weighted by atomic mass is 16.5. The Bertz CT molecular complexity index is 837. The molecular formula is C22H28N4O3. The van der Waals surface area contributed by atoms with Crippen molar-refractivity contribution < 1.29 is 14.3 Å². The van der Waals surface area contributed by atoms with Crippen LogP contribution in [0.3, 0.4) is 0 Å². The summed E-state index contributed by atoms with van der Waals surface area (Å²) in [6.07, 6.45) is 1.28. The number of amides is 1. The van der Waals surface area contributed by atoms with Crippen LogP contribution < -0.4 is 20.3 Å². The van der Waals surface area contributed by atoms with Gasteiger partial charge in [-0.1, -0.05) is 30.3 Å². The summed E-state index contributed by atoms with van der Waals surface area (Å²) < 4.78 is 10.6. The van der Waals surface area contributed by atoms with E-state index in [2.05, 4.69) is 40.0 Å². The molecule has 1 amide bonds. The van der Waals surface area contributed by atoms with E-state index in [1.54, 1.807) is 32.4 Å². The van der Waals surface area contributed by atoms with E-state index >= 15 is 0 Å². The van der Waals surface area contributed by atoms with E-state index in [0.717, 1.165) is 19.5 Å². The number of hydrogen-bond acceptors (Lipinski definition) is 6. The zero-order valence-corrected chi connectivity index (χ0v) is 16.9. The lowest BCUT2D eigenvalue weighted by Gasteiger charge is -2.37. The minimum atomic E-state index is 0.0327. The Kier molecular flexibility index (Phi) is 5.99. The number of piperazine rings is 1. The SMILES string of the molecule is COc1ccc(C(=O)N2CCN(C3CC(c4ccccc4)NN3)CC2)cc1OC. The normalized spacial score (nSPS) is 22.5. The lowest BCUT2D eigenvalue weighted by Crippen LogP contribution is -2.55. The summed E-state index contributed by atoms with van der Waals surface area (Å²) in [5.74, 6) is 1.23. The third-order valence-electron chi connectivity index (χ3n) is 5.76. The number of hydrogen-bond donors (Lipinski definition) is 2. The summed E-state index contributed by atoms with van der Waals surface area (Å²) in [4.78, 5) is 17.2. The number of nitrogens with one attached hydrogen (secondary N) is 2. The standard InChI is InChI=1S/C22H28N4O3/c1-28-19-9-8-17(14-20(19)29-2)22(27)26-12-10-25(11-13-26)21-15-18(23-24-21)16-6-4-3-5-7-16/h3-9,14,18,21,23-24H,10-13,15H2,1-2H3. The molecule has 154 valence electrons. The first-order chi connectivity index (χ1) is 14.2. The molecule has 2 aliphatic heterocycles. The van der Waals surface area contributed by atoms with Crippen molar-refractivity contribution in [3.63, 3.8) is 0 Å². The van der Waals surface area contributed by atoms with Crippen molar-refractivity contribution in [2.75, 3.05) is 40.4 Å². The Balaban J connectivity index is 1.33. The molecule has 2 N–H and O–H groups in total. The van der Waals surface area contributed by atoms with Gasteiger partial charge in [-0.2, -0.15) is 0 Å². The average Bonchev–Trinajstić information content (AvgIpc) is 3.29. The fraction of sp³-hybridized carbons (Fsp3) is 0.409. The molecule has 2 atom stereocenters. The molecule has 0 aromatic heterocycles. The highest BCUT2D eigenvalue weighted by Crippen LogP contribution is 2.28. The maximum atomic E-state index is 12.9. The van der Waals surface area contributed by atoms with Crippen molar-refractivity contribution in [1.29, 1.82) is 0 Å². The van der Waals surface area contributed by atoms with Crippen molar-refractivity contribution >= 4 is 5.91 Å². The van der Waals surface area contributed by atoms with Crippen LogP contribution in [0.15, 0.2) is 48.5 Å². The first-order valence-corrected chi connectivity index (χ1v) is 10.0. The van der Waals surface area contributed by atoms with Gasteiger partial charge in [0.25, 0.3) is 5.91 Å². The van der Waals surface area contributed by atoms with Gasteiger partial charge in [-0.05, 0) is 30.2 Å². The van der Waals surface area contributed by atoms with Crippen LogP contribution in [-0.4, -0.2) is 62.3 Å². The lowest BCUT2D eigenvalue weighted by molar-refractivity contribution is 0.0544. The van der Waals surface area contributed by atoms with Crippen molar-refractivity contribution in [2.24, 2.45) is 0 Å². The second-order valence-electron chi connectivity index (χ2n) is 7.40. The molecule has 7 heteroatoms. The van der Waals surface area contributed by atoms with Crippen LogP contribution in [0.5, 0.6) is 11.5 Å². The fourth-order valence-electron chi connectivity index (χ4n) is 4.07. The number of nitrogens with zero attached hydrogens (tertiary/aromatic N) is 2. The van der Waals surface area contributed by atoms with Crippen molar-refractivity contribution in [3.8, 4) is 11.5 Å². The van der Waals surface area contributed by atoms with E-state index in [4.69, 9.17) is 9.47 Å². The number of carbonyl (C=O) groups is 1. The van der Waals surface area contributed by atoms with E-state index in [0.29, 0.717) is 36.2 Å². The Morgan fingerprint density at radius 3 is 2.34 bits per heavy atom. The number of carbonyl (C=O) groups excluding carboxylic acids is 1. The highest BCUT2D eigenvalue weighted by molar-refractivity contribution is 5.95. The van der Waals surface area contributed by atoms with Crippen LogP contribution in [0, 0.1) is 0 Å². The van der Waals surface area contributed by atoms with Crippen LogP contribution in [0.4, 0.5) is 0 Å². The van der Waals surface area contributed by atoms with E-state index in [9.17, 15) is 4.79 Å². The Hall–Kier alpha value is -2.61. The third-order valence-corrected chi connectivity index (χ3v) is 5.76. The highest BCUT2D eigenvalue weighted by Gasteiger charge is 2.32. The van der Waals surface area contributed by atoms with Crippen LogP contribution in [-0.2, 0) is 0 Å². The largest absolute Gasteiger partial charge is 0.493 e. The molecule has 2 saturated heterocycles. The van der Waals surface area contributed by atoms with Gasteiger partial charge in [-0.3, -0.25) is 9.69 Å². The molecule has 0 aliphatic carbocycles. The van der Waals surface area contributed by atoms with E-state index < -0.39 is 0 Å². The number of hydrazine groups is 1. The van der Waals surface area contributed by atoms with E-state index in [1.165, 1.54) is 5.56 Å². The molecule has 7 nitrogen and oxygen atoms in total. The Morgan fingerprint density at radius 2 is 1.66 bits per heavy atom. The molecule has 0 radical (unpaired) electrons. The second-order valence-corrected chi connectivity index (χ2v) is 7.40. The summed E-state index contributed by atoms with van der Waals surface area (Å²) in [5.41, 5.74) is 8.75. The Labute approximate surface area is 171 Å². The van der Waals surface area contributed by atoms with Crippen molar-refractivity contribution in [1.82, 2.24) is 20.7 Å². The molecule has 2 fully saturated rings. The molecule has 0 spiro atoms. The lowest BCUT2D eigenvalue weighted by atomic mass is 10.0. The van der Waals surface area contributed by atoms with Crippen molar-refractivity contribution in [2.45, 2.75) is 18.6 Å². The van der Waals surface area contributed by atoms with Crippen LogP contribution in [0.25, 0.3) is 0 Å². The third kappa shape index (κ3) is 4.22. The van der Waals surface area contributed by atoms with Gasteiger partial charge in [0.05, 0.1) is 20.4 Å². The predicted octanol–water partition coefficient (Wildman–Crippen LogP) is 2.03. The molecule has 2 unspecified atom stereocenters. The number of benzene rings is 2. The second kappa shape index (κ2) is 8.82. The molecule has 2 aromatic rings. The quantitative estimate of drug-likeness (QED) is 0.806. The maximum absolute atomic E-state index is 12.9. The summed E-state index contributed by atoms with van der Waals surface area (Å²) >= 11 is 0. The zero-order chi connectivity index (χ0) is 20.2. The minimum Gasteiger partial charge on any atom is -0.493 e. The van der Waals surface area contributed by atoms with Gasteiger partial charge >= 0.3 is 0 Å². The molecule has 4 rings (SSSR count). The van der Waals surface area contributed by atoms with Gasteiger partial charge in [-0.25, -0.2) is 10.9 Å². The molecule has 2 aromatic carbocycles. The average molecular weight is 396 g/mol. The number of rotatable bonds is 5. The molecule has 0 saturated carbocycles. The summed E-state index contributed by atoms with van der Waals surface area (Å²) in [6, 6.07) is 16.1. The Morgan fingerprint density at radius 1 is 0.931 bits per heavy atom. The molecule has 2 heterocycles. The van der Waals surface area contributed by atoms with Crippen LogP contribution in [0.2, 0.25) is 0 Å². The fourth-order valence-corrected chi connectivity index (χ4v) is 4.07. The first kappa shape index (κ1) is 19.7. The number of methoxy groups -OCH3 is 2. The summed E-state index contributed by atoms with van der Waals surface area (Å²) in [6.45, 7) is 3.11. The predicted molar refractivity (Wildman–Crippen MR) is 111 cm³/mol. The van der Waals surface area contributed by atoms with Crippen molar-refractivity contribution in [3.05, 3.63) is 59.7 Å². The summed E-state index contributed by atoms with van der Waals surface area (Å²) in [5, 5.41) is 0. The van der Waals surface area contributed by atoms with E-state index in [-0.39, 0.29) is 12.1 Å². The zero-order valence-electron chi connectivity index (χ0n) is 16.9. The van der Waals surface area contributed by atoms with Gasteiger partial charge in [0.1, 0.15) is 0 Å². The summed E-state index contributed by atoms with van der Waals surface area (Å²) in [7, 11) is 3.17. The van der Waals surface area contributed by atoms with E-state index in [1.807, 2.05) is 11.0 Å². The van der Waals surface area contributed by atoms with Gasteiger partial charge < -0.3 is 14.4 Å². The topological polar surface area (TPSA) is 66.1 Å². The molecule has 29 heavy (non-hydrogen) atoms. The minimum absolute atomic E-state index is 0.0327. The van der Waals surface area contributed by atoms with Gasteiger partial charge in [0.15, 0.2) is 11.5 Å². The molecule has 2 aliphatic rings. The van der Waals surface area contributed by atoms with Crippen LogP contribution >= 0.6 is 0 Å². The molecular weight excluding hydrogens is 368 g/mol. The maximum Gasteiger partial charge on any atom is 0.254 e. The monoisotopic (exact) mass is 396 g/mol. The smallest absolute Gasteiger partial charge is 0.254 e. The molecule has 0 bridgehead atoms. The number of ether oxygens (including phenoxy) is 2. The van der Waals surface area contributed by atoms with Crippen LogP contribution in [0.1, 0.15) is 28.4 Å². The van der Waals surface area contributed by atoms with Gasteiger partial charge in [0, 0.05) is 37.8 Å².